The van der Waals surface area contributed by atoms with Crippen molar-refractivity contribution in [2.75, 3.05) is 10.6 Å². The lowest BCUT2D eigenvalue weighted by Crippen LogP contribution is -2.05. The van der Waals surface area contributed by atoms with Gasteiger partial charge in [0.25, 0.3) is 5.91 Å². The van der Waals surface area contributed by atoms with Gasteiger partial charge in [0, 0.05) is 40.2 Å². The Hall–Kier alpha value is -3.08. The van der Waals surface area contributed by atoms with E-state index in [4.69, 9.17) is 0 Å². The number of H-pyrrole nitrogens is 1. The van der Waals surface area contributed by atoms with Crippen LogP contribution in [0.1, 0.15) is 5.56 Å². The molecular formula is C17H12FN3O. The second kappa shape index (κ2) is 4.73. The van der Waals surface area contributed by atoms with Gasteiger partial charge in [0.05, 0.1) is 5.57 Å². The molecule has 2 heterocycles. The van der Waals surface area contributed by atoms with Gasteiger partial charge in [-0.2, -0.15) is 0 Å². The summed E-state index contributed by atoms with van der Waals surface area (Å²) in [5.41, 5.74) is 3.52. The number of rotatable bonds is 2. The van der Waals surface area contributed by atoms with E-state index in [1.807, 2.05) is 30.5 Å². The van der Waals surface area contributed by atoms with E-state index in [9.17, 15) is 9.18 Å². The monoisotopic (exact) mass is 293 g/mol. The zero-order chi connectivity index (χ0) is 15.1. The van der Waals surface area contributed by atoms with E-state index in [0.29, 0.717) is 16.8 Å². The predicted molar refractivity (Wildman–Crippen MR) is 84.9 cm³/mol. The molecule has 0 fully saturated rings. The lowest BCUT2D eigenvalue weighted by atomic mass is 10.1. The Kier molecular flexibility index (Phi) is 2.72. The first-order valence-electron chi connectivity index (χ1n) is 6.86. The van der Waals surface area contributed by atoms with E-state index in [1.54, 1.807) is 12.3 Å². The highest BCUT2D eigenvalue weighted by molar-refractivity contribution is 6.31. The normalized spacial score (nSPS) is 15.1. The Bertz CT molecular complexity index is 927. The van der Waals surface area contributed by atoms with Crippen LogP contribution in [0.4, 0.5) is 15.8 Å². The van der Waals surface area contributed by atoms with Crippen LogP contribution in [0.3, 0.4) is 0 Å². The molecule has 5 heteroatoms. The second-order valence-electron chi connectivity index (χ2n) is 5.13. The summed E-state index contributed by atoms with van der Waals surface area (Å²) in [5, 5.41) is 6.89. The van der Waals surface area contributed by atoms with E-state index >= 15 is 0 Å². The van der Waals surface area contributed by atoms with Crippen molar-refractivity contribution in [2.45, 2.75) is 0 Å². The minimum Gasteiger partial charge on any atom is -0.361 e. The summed E-state index contributed by atoms with van der Waals surface area (Å²) in [6, 6.07) is 12.1. The first-order valence-corrected chi connectivity index (χ1v) is 6.86. The summed E-state index contributed by atoms with van der Waals surface area (Å²) in [6.45, 7) is 0. The number of fused-ring (bicyclic) bond motifs is 2. The zero-order valence-electron chi connectivity index (χ0n) is 11.5. The first kappa shape index (κ1) is 12.6. The van der Waals surface area contributed by atoms with Crippen molar-refractivity contribution in [1.82, 2.24) is 4.98 Å². The van der Waals surface area contributed by atoms with Crippen LogP contribution < -0.4 is 10.6 Å². The lowest BCUT2D eigenvalue weighted by Gasteiger charge is -2.03. The summed E-state index contributed by atoms with van der Waals surface area (Å²) < 4.78 is 13.4. The Labute approximate surface area is 125 Å². The van der Waals surface area contributed by atoms with E-state index in [1.165, 1.54) is 12.1 Å². The number of hydrogen-bond donors (Lipinski definition) is 3. The van der Waals surface area contributed by atoms with Crippen molar-refractivity contribution in [1.29, 1.82) is 0 Å². The van der Waals surface area contributed by atoms with Crippen LogP contribution >= 0.6 is 0 Å². The molecule has 3 N–H and O–H groups in total. The van der Waals surface area contributed by atoms with Crippen LogP contribution in [-0.4, -0.2) is 10.9 Å². The molecule has 0 unspecified atom stereocenters. The maximum absolute atomic E-state index is 13.4. The van der Waals surface area contributed by atoms with Gasteiger partial charge in [-0.1, -0.05) is 0 Å². The molecule has 108 valence electrons. The highest BCUT2D eigenvalue weighted by Crippen LogP contribution is 2.32. The summed E-state index contributed by atoms with van der Waals surface area (Å²) in [5.74, 6) is -0.606. The van der Waals surface area contributed by atoms with Gasteiger partial charge >= 0.3 is 0 Å². The topological polar surface area (TPSA) is 56.9 Å². The molecule has 0 atom stereocenters. The Balaban J connectivity index is 1.68. The minimum atomic E-state index is -0.366. The molecule has 0 aliphatic carbocycles. The molecule has 2 aromatic carbocycles. The third-order valence-corrected chi connectivity index (χ3v) is 3.70. The largest absolute Gasteiger partial charge is 0.361 e. The van der Waals surface area contributed by atoms with Gasteiger partial charge in [-0.3, -0.25) is 4.79 Å². The van der Waals surface area contributed by atoms with Gasteiger partial charge in [0.1, 0.15) is 5.82 Å². The predicted octanol–water partition coefficient (Wildman–Crippen LogP) is 3.71. The number of halogens is 1. The smallest absolute Gasteiger partial charge is 0.257 e. The van der Waals surface area contributed by atoms with Crippen LogP contribution in [-0.2, 0) is 4.79 Å². The summed E-state index contributed by atoms with van der Waals surface area (Å²) in [7, 11) is 0. The van der Waals surface area contributed by atoms with Crippen LogP contribution in [0.15, 0.2) is 54.9 Å². The number of hydrogen-bond acceptors (Lipinski definition) is 2. The summed E-state index contributed by atoms with van der Waals surface area (Å²) in [4.78, 5) is 15.1. The molecule has 1 aromatic heterocycles. The SMILES string of the molecule is O=C1Nc2ccc(F)cc2C1=CNc1ccc2[nH]ccc2c1. The Morgan fingerprint density at radius 3 is 2.91 bits per heavy atom. The van der Waals surface area contributed by atoms with Gasteiger partial charge in [-0.05, 0) is 42.5 Å². The number of anilines is 2. The zero-order valence-corrected chi connectivity index (χ0v) is 11.5. The van der Waals surface area contributed by atoms with E-state index in [0.717, 1.165) is 16.6 Å². The van der Waals surface area contributed by atoms with Crippen molar-refractivity contribution in [3.8, 4) is 0 Å². The third-order valence-electron chi connectivity index (χ3n) is 3.70. The highest BCUT2D eigenvalue weighted by atomic mass is 19.1. The average molecular weight is 293 g/mol. The third kappa shape index (κ3) is 2.03. The number of amides is 1. The standard InChI is InChI=1S/C17H12FN3O/c18-11-1-3-16-13(8-11)14(17(22)21-16)9-20-12-2-4-15-10(7-12)5-6-19-15/h1-9,19-20H,(H,21,22). The average Bonchev–Trinajstić information content (AvgIpc) is 3.08. The number of carbonyl (C=O) groups excluding carboxylic acids is 1. The molecular weight excluding hydrogens is 281 g/mol. The number of aromatic nitrogens is 1. The maximum atomic E-state index is 13.4. The molecule has 0 radical (unpaired) electrons. The summed E-state index contributed by atoms with van der Waals surface area (Å²) in [6.07, 6.45) is 3.48. The highest BCUT2D eigenvalue weighted by Gasteiger charge is 2.24. The van der Waals surface area contributed by atoms with Crippen molar-refractivity contribution in [2.24, 2.45) is 0 Å². The fourth-order valence-electron chi connectivity index (χ4n) is 2.60. The van der Waals surface area contributed by atoms with Crippen LogP contribution in [0.5, 0.6) is 0 Å². The van der Waals surface area contributed by atoms with Crippen LogP contribution in [0.25, 0.3) is 16.5 Å². The molecule has 3 aromatic rings. The first-order chi connectivity index (χ1) is 10.7. The van der Waals surface area contributed by atoms with Crippen LogP contribution in [0, 0.1) is 5.82 Å². The van der Waals surface area contributed by atoms with Gasteiger partial charge in [0.2, 0.25) is 0 Å². The maximum Gasteiger partial charge on any atom is 0.257 e. The number of aromatic amines is 1. The van der Waals surface area contributed by atoms with Crippen molar-refractivity contribution in [3.05, 3.63) is 66.2 Å². The van der Waals surface area contributed by atoms with E-state index < -0.39 is 0 Å². The van der Waals surface area contributed by atoms with Crippen molar-refractivity contribution < 1.29 is 9.18 Å². The number of nitrogens with one attached hydrogen (secondary N) is 3. The van der Waals surface area contributed by atoms with E-state index in [2.05, 4.69) is 15.6 Å². The van der Waals surface area contributed by atoms with Crippen LogP contribution in [0.2, 0.25) is 0 Å². The van der Waals surface area contributed by atoms with Gasteiger partial charge < -0.3 is 15.6 Å². The molecule has 22 heavy (non-hydrogen) atoms. The Morgan fingerprint density at radius 2 is 2.00 bits per heavy atom. The fourth-order valence-corrected chi connectivity index (χ4v) is 2.60. The van der Waals surface area contributed by atoms with Gasteiger partial charge in [-0.25, -0.2) is 4.39 Å². The molecule has 4 rings (SSSR count). The summed E-state index contributed by atoms with van der Waals surface area (Å²) >= 11 is 0. The molecule has 0 saturated carbocycles. The molecule has 4 nitrogen and oxygen atoms in total. The Morgan fingerprint density at radius 1 is 1.09 bits per heavy atom. The quantitative estimate of drug-likeness (QED) is 0.631. The molecule has 0 saturated heterocycles. The van der Waals surface area contributed by atoms with Gasteiger partial charge in [-0.15, -0.1) is 0 Å². The van der Waals surface area contributed by atoms with E-state index in [-0.39, 0.29) is 11.7 Å². The number of carbonyl (C=O) groups is 1. The molecule has 1 amide bonds. The molecule has 1 aliphatic rings. The van der Waals surface area contributed by atoms with Gasteiger partial charge in [0.15, 0.2) is 0 Å². The minimum absolute atomic E-state index is 0.240. The molecule has 0 bridgehead atoms. The molecule has 0 spiro atoms. The number of benzene rings is 2. The molecule has 1 aliphatic heterocycles. The lowest BCUT2D eigenvalue weighted by molar-refractivity contribution is -0.110. The fraction of sp³-hybridized carbons (Fsp3) is 0. The van der Waals surface area contributed by atoms with Crippen molar-refractivity contribution in [3.63, 3.8) is 0 Å². The second-order valence-corrected chi connectivity index (χ2v) is 5.13. The van der Waals surface area contributed by atoms with Crippen molar-refractivity contribution >= 4 is 33.8 Å².